The number of ether oxygens (including phenoxy) is 2. The molecule has 1 amide bonds. The molecule has 0 aliphatic carbocycles. The van der Waals surface area contributed by atoms with Gasteiger partial charge in [0.15, 0.2) is 0 Å². The van der Waals surface area contributed by atoms with E-state index >= 15 is 0 Å². The molecule has 0 aliphatic rings. The molecule has 0 saturated carbocycles. The standard InChI is InChI=1S/C23H32N2O4/c1-17(9-10-18-7-4-3-5-8-18)25-16-21(26)19-11-12-22(20(15-19)23(24)27)29-14-6-13-28-2/h3-5,7-8,11-12,15,17,21,25-26H,6,9-10,13-14,16H2,1-2H3,(H2,24,27). The van der Waals surface area contributed by atoms with Crippen LogP contribution >= 0.6 is 0 Å². The molecule has 0 saturated heterocycles. The van der Waals surface area contributed by atoms with Gasteiger partial charge in [-0.3, -0.25) is 4.79 Å². The molecule has 4 N–H and O–H groups in total. The van der Waals surface area contributed by atoms with Crippen molar-refractivity contribution in [3.05, 3.63) is 65.2 Å². The normalized spacial score (nSPS) is 13.1. The Morgan fingerprint density at radius 2 is 1.93 bits per heavy atom. The lowest BCUT2D eigenvalue weighted by atomic mass is 10.0. The summed E-state index contributed by atoms with van der Waals surface area (Å²) in [5.41, 5.74) is 7.69. The summed E-state index contributed by atoms with van der Waals surface area (Å²) in [6, 6.07) is 15.6. The molecule has 0 radical (unpaired) electrons. The zero-order valence-corrected chi connectivity index (χ0v) is 17.3. The summed E-state index contributed by atoms with van der Waals surface area (Å²) in [5, 5.41) is 13.9. The van der Waals surface area contributed by atoms with Crippen LogP contribution in [0.4, 0.5) is 0 Å². The fourth-order valence-electron chi connectivity index (χ4n) is 3.02. The molecule has 2 aromatic carbocycles. The summed E-state index contributed by atoms with van der Waals surface area (Å²) in [7, 11) is 1.63. The highest BCUT2D eigenvalue weighted by Gasteiger charge is 2.15. The van der Waals surface area contributed by atoms with Gasteiger partial charge in [0, 0.05) is 32.7 Å². The van der Waals surface area contributed by atoms with Crippen molar-refractivity contribution in [1.82, 2.24) is 5.32 Å². The van der Waals surface area contributed by atoms with E-state index in [4.69, 9.17) is 15.2 Å². The number of primary amides is 1. The molecule has 2 unspecified atom stereocenters. The number of aliphatic hydroxyl groups excluding tert-OH is 1. The fourth-order valence-corrected chi connectivity index (χ4v) is 3.02. The predicted octanol–water partition coefficient (Wildman–Crippen LogP) is 2.85. The molecule has 0 heterocycles. The summed E-state index contributed by atoms with van der Waals surface area (Å²) >= 11 is 0. The average Bonchev–Trinajstić information content (AvgIpc) is 2.74. The molecule has 0 fully saturated rings. The fraction of sp³-hybridized carbons (Fsp3) is 0.435. The van der Waals surface area contributed by atoms with Crippen molar-refractivity contribution in [3.8, 4) is 5.75 Å². The molecule has 0 aromatic heterocycles. The van der Waals surface area contributed by atoms with Crippen LogP contribution in [0.15, 0.2) is 48.5 Å². The van der Waals surface area contributed by atoms with E-state index in [1.807, 2.05) is 18.2 Å². The van der Waals surface area contributed by atoms with E-state index in [1.54, 1.807) is 25.3 Å². The number of hydrogen-bond acceptors (Lipinski definition) is 5. The molecule has 2 aromatic rings. The minimum absolute atomic E-state index is 0.254. The van der Waals surface area contributed by atoms with Crippen LogP contribution in [0.5, 0.6) is 5.75 Å². The van der Waals surface area contributed by atoms with Crippen molar-refractivity contribution in [2.75, 3.05) is 26.9 Å². The third kappa shape index (κ3) is 7.85. The third-order valence-electron chi connectivity index (χ3n) is 4.77. The highest BCUT2D eigenvalue weighted by atomic mass is 16.5. The van der Waals surface area contributed by atoms with Gasteiger partial charge in [-0.25, -0.2) is 0 Å². The Hall–Kier alpha value is -2.41. The first-order valence-electron chi connectivity index (χ1n) is 10.0. The van der Waals surface area contributed by atoms with Gasteiger partial charge in [0.05, 0.1) is 18.3 Å². The van der Waals surface area contributed by atoms with Crippen molar-refractivity contribution in [2.24, 2.45) is 5.73 Å². The van der Waals surface area contributed by atoms with Crippen LogP contribution in [-0.4, -0.2) is 43.9 Å². The lowest BCUT2D eigenvalue weighted by Gasteiger charge is -2.19. The summed E-state index contributed by atoms with van der Waals surface area (Å²) in [6.07, 6.45) is 1.92. The van der Waals surface area contributed by atoms with E-state index in [0.717, 1.165) is 12.8 Å². The Kier molecular flexibility index (Phi) is 9.64. The summed E-state index contributed by atoms with van der Waals surface area (Å²) in [4.78, 5) is 11.8. The zero-order chi connectivity index (χ0) is 21.1. The van der Waals surface area contributed by atoms with Crippen LogP contribution in [0.3, 0.4) is 0 Å². The van der Waals surface area contributed by atoms with Crippen molar-refractivity contribution < 1.29 is 19.4 Å². The molecule has 158 valence electrons. The highest BCUT2D eigenvalue weighted by Crippen LogP contribution is 2.23. The van der Waals surface area contributed by atoms with Crippen LogP contribution in [0, 0.1) is 0 Å². The number of methoxy groups -OCH3 is 1. The largest absolute Gasteiger partial charge is 0.493 e. The first-order chi connectivity index (χ1) is 14.0. The quantitative estimate of drug-likeness (QED) is 0.450. The van der Waals surface area contributed by atoms with Crippen molar-refractivity contribution in [1.29, 1.82) is 0 Å². The Bertz CT molecular complexity index is 752. The van der Waals surface area contributed by atoms with Gasteiger partial charge >= 0.3 is 0 Å². The van der Waals surface area contributed by atoms with Crippen LogP contribution < -0.4 is 15.8 Å². The van der Waals surface area contributed by atoms with Gasteiger partial charge in [0.2, 0.25) is 0 Å². The number of nitrogens with two attached hydrogens (primary N) is 1. The molecule has 0 spiro atoms. The highest BCUT2D eigenvalue weighted by molar-refractivity contribution is 5.95. The number of rotatable bonds is 13. The number of carbonyl (C=O) groups excluding carboxylic acids is 1. The first kappa shape index (κ1) is 22.9. The molecular formula is C23H32N2O4. The molecule has 2 atom stereocenters. The number of hydrogen-bond donors (Lipinski definition) is 3. The smallest absolute Gasteiger partial charge is 0.252 e. The predicted molar refractivity (Wildman–Crippen MR) is 114 cm³/mol. The summed E-state index contributed by atoms with van der Waals surface area (Å²) in [5.74, 6) is -0.154. The van der Waals surface area contributed by atoms with Crippen LogP contribution in [-0.2, 0) is 11.2 Å². The van der Waals surface area contributed by atoms with E-state index in [9.17, 15) is 9.90 Å². The van der Waals surface area contributed by atoms with Crippen LogP contribution in [0.1, 0.15) is 47.4 Å². The number of nitrogens with one attached hydrogen (secondary N) is 1. The van der Waals surface area contributed by atoms with Gasteiger partial charge in [-0.1, -0.05) is 36.4 Å². The van der Waals surface area contributed by atoms with Gasteiger partial charge < -0.3 is 25.6 Å². The second kappa shape index (κ2) is 12.2. The van der Waals surface area contributed by atoms with E-state index in [1.165, 1.54) is 5.56 Å². The van der Waals surface area contributed by atoms with E-state index in [-0.39, 0.29) is 11.6 Å². The summed E-state index contributed by atoms with van der Waals surface area (Å²) in [6.45, 7) is 3.50. The number of amides is 1. The van der Waals surface area contributed by atoms with Gasteiger partial charge in [-0.15, -0.1) is 0 Å². The maximum atomic E-state index is 11.8. The molecule has 0 bridgehead atoms. The maximum Gasteiger partial charge on any atom is 0.252 e. The van der Waals surface area contributed by atoms with Crippen LogP contribution in [0.2, 0.25) is 0 Å². The van der Waals surface area contributed by atoms with Gasteiger partial charge in [0.25, 0.3) is 5.91 Å². The monoisotopic (exact) mass is 400 g/mol. The molecule has 29 heavy (non-hydrogen) atoms. The van der Waals surface area contributed by atoms with Gasteiger partial charge in [-0.2, -0.15) is 0 Å². The number of carbonyl (C=O) groups is 1. The second-order valence-corrected chi connectivity index (χ2v) is 7.16. The van der Waals surface area contributed by atoms with E-state index < -0.39 is 12.0 Å². The summed E-state index contributed by atoms with van der Waals surface area (Å²) < 4.78 is 10.6. The lowest BCUT2D eigenvalue weighted by Crippen LogP contribution is -2.31. The van der Waals surface area contributed by atoms with E-state index in [2.05, 4.69) is 24.4 Å². The number of aryl methyl sites for hydroxylation is 1. The van der Waals surface area contributed by atoms with Gasteiger partial charge in [0.1, 0.15) is 5.75 Å². The Morgan fingerprint density at radius 3 is 2.62 bits per heavy atom. The van der Waals surface area contributed by atoms with Gasteiger partial charge in [-0.05, 0) is 43.0 Å². The van der Waals surface area contributed by atoms with E-state index in [0.29, 0.717) is 37.5 Å². The number of benzene rings is 2. The third-order valence-corrected chi connectivity index (χ3v) is 4.77. The molecule has 2 rings (SSSR count). The Balaban J connectivity index is 1.87. The average molecular weight is 401 g/mol. The molecule has 0 aliphatic heterocycles. The zero-order valence-electron chi connectivity index (χ0n) is 17.3. The second-order valence-electron chi connectivity index (χ2n) is 7.16. The lowest BCUT2D eigenvalue weighted by molar-refractivity contribution is 0.0995. The van der Waals surface area contributed by atoms with Crippen molar-refractivity contribution in [3.63, 3.8) is 0 Å². The first-order valence-corrected chi connectivity index (χ1v) is 10.0. The minimum Gasteiger partial charge on any atom is -0.493 e. The minimum atomic E-state index is -0.741. The topological polar surface area (TPSA) is 93.8 Å². The SMILES string of the molecule is COCCCOc1ccc(C(O)CNC(C)CCc2ccccc2)cc1C(N)=O. The van der Waals surface area contributed by atoms with Crippen LogP contribution in [0.25, 0.3) is 0 Å². The molecule has 6 heteroatoms. The van der Waals surface area contributed by atoms with Crippen molar-refractivity contribution in [2.45, 2.75) is 38.3 Å². The van der Waals surface area contributed by atoms with Crippen molar-refractivity contribution >= 4 is 5.91 Å². The maximum absolute atomic E-state index is 11.8. The molecule has 6 nitrogen and oxygen atoms in total. The molecular weight excluding hydrogens is 368 g/mol. The number of aliphatic hydroxyl groups is 1. The Morgan fingerprint density at radius 1 is 1.17 bits per heavy atom. The Labute approximate surface area is 173 Å².